The molecule has 142 valence electrons. The Morgan fingerprint density at radius 3 is 1.00 bits per heavy atom. The molecule has 0 unspecified atom stereocenters. The van der Waals surface area contributed by atoms with Gasteiger partial charge < -0.3 is 0 Å². The van der Waals surface area contributed by atoms with Gasteiger partial charge in [-0.2, -0.15) is 0 Å². The Hall–Kier alpha value is 0.910. The second-order valence-corrected chi connectivity index (χ2v) is 23.1. The molecule has 0 radical (unpaired) electrons. The first kappa shape index (κ1) is 23.9. The van der Waals surface area contributed by atoms with Gasteiger partial charge in [-0.25, -0.2) is 0 Å². The summed E-state index contributed by atoms with van der Waals surface area (Å²) < 4.78 is 0. The van der Waals surface area contributed by atoms with E-state index >= 15 is 0 Å². The van der Waals surface area contributed by atoms with Gasteiger partial charge in [0.2, 0.25) is 0 Å². The molecule has 0 aromatic carbocycles. The molecule has 0 heterocycles. The third kappa shape index (κ3) is 22.9. The molecule has 0 aromatic rings. The second kappa shape index (κ2) is 14.1. The van der Waals surface area contributed by atoms with Crippen LogP contribution in [0.1, 0.15) is 110 Å². The van der Waals surface area contributed by atoms with Crippen molar-refractivity contribution < 1.29 is 0 Å². The summed E-state index contributed by atoms with van der Waals surface area (Å²) in [5, 5.41) is -1.41. The number of rotatable bonds is 17. The van der Waals surface area contributed by atoms with Crippen LogP contribution < -0.4 is 0 Å². The van der Waals surface area contributed by atoms with Crippen molar-refractivity contribution in [3.05, 3.63) is 0 Å². The molecular weight excluding hydrogens is 363 g/mol. The molecule has 0 fully saturated rings. The van der Waals surface area contributed by atoms with E-state index in [1.54, 1.807) is 0 Å². The fourth-order valence-corrected chi connectivity index (χ4v) is 5.24. The molecule has 0 spiro atoms. The Bertz CT molecular complexity index is 245. The van der Waals surface area contributed by atoms with Crippen molar-refractivity contribution in [2.24, 2.45) is 0 Å². The number of halogens is 1. The molecule has 0 nitrogen and oxygen atoms in total. The topological polar surface area (TPSA) is 0 Å². The molecule has 0 bridgehead atoms. The number of hydrogen-bond acceptors (Lipinski definition) is 0. The van der Waals surface area contributed by atoms with Gasteiger partial charge in [0.05, 0.1) is 0 Å². The molecule has 0 aromatic heterocycles. The second-order valence-electron chi connectivity index (χ2n) is 8.94. The molecule has 0 saturated carbocycles. The van der Waals surface area contributed by atoms with Gasteiger partial charge >= 0.3 is 118 Å². The van der Waals surface area contributed by atoms with Crippen molar-refractivity contribution in [2.75, 3.05) is 26.2 Å². The van der Waals surface area contributed by atoms with Crippen molar-refractivity contribution >= 4 is 20.8 Å². The van der Waals surface area contributed by atoms with Gasteiger partial charge in [0.1, 0.15) is 0 Å². The third-order valence-corrected chi connectivity index (χ3v) is 7.66. The van der Waals surface area contributed by atoms with Crippen LogP contribution in [0.15, 0.2) is 0 Å². The zero-order valence-corrected chi connectivity index (χ0v) is 19.3. The number of unbranched alkanes of at least 4 members (excludes halogenated alkanes) is 15. The molecule has 23 heavy (non-hydrogen) atoms. The molecule has 2 heteroatoms. The summed E-state index contributed by atoms with van der Waals surface area (Å²) in [5.41, 5.74) is 0. The molecule has 0 rings (SSSR count). The van der Waals surface area contributed by atoms with Gasteiger partial charge in [-0.1, -0.05) is 39.0 Å². The Kier molecular flexibility index (Phi) is 14.7. The van der Waals surface area contributed by atoms with Crippen LogP contribution in [0.5, 0.6) is 0 Å². The number of hydrogen-bond donors (Lipinski definition) is 0. The first-order valence-corrected chi connectivity index (χ1v) is 16.3. The summed E-state index contributed by atoms with van der Waals surface area (Å²) in [5.74, 6) is 0. The van der Waals surface area contributed by atoms with Crippen LogP contribution in [-0.4, -0.2) is 26.2 Å². The van der Waals surface area contributed by atoms with Crippen molar-refractivity contribution in [1.29, 1.82) is 0 Å². The van der Waals surface area contributed by atoms with Gasteiger partial charge in [-0.15, -0.1) is 0 Å². The molecule has 0 N–H and O–H groups in total. The van der Waals surface area contributed by atoms with E-state index in [2.05, 4.69) is 42.4 Å². The van der Waals surface area contributed by atoms with Crippen molar-refractivity contribution in [3.8, 4) is 0 Å². The summed E-state index contributed by atoms with van der Waals surface area (Å²) in [4.78, 5) is 0. The standard InChI is InChI=1S/C21H46BrP/c1-5-6-7-8-9-10-11-12-13-14-15-16-17-18-19-20-21-23(2,3,4)22/h5-21H2,1-4H3. The average Bonchev–Trinajstić information content (AvgIpc) is 2.45. The first-order chi connectivity index (χ1) is 10.8. The normalized spacial score (nSPS) is 13.9. The van der Waals surface area contributed by atoms with E-state index in [1.165, 1.54) is 109 Å². The monoisotopic (exact) mass is 408 g/mol. The van der Waals surface area contributed by atoms with Crippen LogP contribution in [0.2, 0.25) is 0 Å². The predicted octanol–water partition coefficient (Wildman–Crippen LogP) is 9.00. The van der Waals surface area contributed by atoms with E-state index in [9.17, 15) is 0 Å². The van der Waals surface area contributed by atoms with E-state index in [0.717, 1.165) is 0 Å². The van der Waals surface area contributed by atoms with E-state index in [-0.39, 0.29) is 0 Å². The fraction of sp³-hybridized carbons (Fsp3) is 1.00. The Morgan fingerprint density at radius 2 is 0.739 bits per heavy atom. The third-order valence-electron chi connectivity index (χ3n) is 4.77. The van der Waals surface area contributed by atoms with E-state index in [4.69, 9.17) is 0 Å². The van der Waals surface area contributed by atoms with Crippen LogP contribution >= 0.6 is 20.8 Å². The fourth-order valence-electron chi connectivity index (χ4n) is 3.19. The zero-order valence-electron chi connectivity index (χ0n) is 16.8. The predicted molar refractivity (Wildman–Crippen MR) is 118 cm³/mol. The van der Waals surface area contributed by atoms with E-state index in [1.807, 2.05) is 0 Å². The molecule has 0 amide bonds. The van der Waals surface area contributed by atoms with Crippen molar-refractivity contribution in [1.82, 2.24) is 0 Å². The van der Waals surface area contributed by atoms with Gasteiger partial charge in [0.15, 0.2) is 0 Å². The Morgan fingerprint density at radius 1 is 0.478 bits per heavy atom. The molecule has 0 aliphatic heterocycles. The van der Waals surface area contributed by atoms with E-state index in [0.29, 0.717) is 0 Å². The van der Waals surface area contributed by atoms with Gasteiger partial charge in [0.25, 0.3) is 0 Å². The van der Waals surface area contributed by atoms with Crippen LogP contribution in [0.3, 0.4) is 0 Å². The minimum atomic E-state index is -1.41. The Labute approximate surface area is 156 Å². The molecule has 0 aliphatic carbocycles. The van der Waals surface area contributed by atoms with Crippen LogP contribution in [-0.2, 0) is 0 Å². The maximum atomic E-state index is 3.96. The minimum absolute atomic E-state index is 1.37. The van der Waals surface area contributed by atoms with Crippen LogP contribution in [0.4, 0.5) is 0 Å². The SMILES string of the molecule is CCCCCCCCCCCCCCCCCCP(C)(C)(C)Br. The molecule has 0 aliphatic rings. The van der Waals surface area contributed by atoms with Gasteiger partial charge in [-0.3, -0.25) is 0 Å². The summed E-state index contributed by atoms with van der Waals surface area (Å²) in [7, 11) is 0. The summed E-state index contributed by atoms with van der Waals surface area (Å²) in [6.07, 6.45) is 24.8. The first-order valence-electron chi connectivity index (χ1n) is 10.5. The summed E-state index contributed by atoms with van der Waals surface area (Å²) in [6, 6.07) is 0. The summed E-state index contributed by atoms with van der Waals surface area (Å²) >= 11 is 3.96. The molecule has 0 atom stereocenters. The maximum absolute atomic E-state index is 3.96. The van der Waals surface area contributed by atoms with Crippen LogP contribution in [0, 0.1) is 0 Å². The van der Waals surface area contributed by atoms with Gasteiger partial charge in [0, 0.05) is 0 Å². The van der Waals surface area contributed by atoms with Crippen molar-refractivity contribution in [3.63, 3.8) is 0 Å². The summed E-state index contributed by atoms with van der Waals surface area (Å²) in [6.45, 7) is 9.58. The Balaban J connectivity index is 3.08. The van der Waals surface area contributed by atoms with E-state index < -0.39 is 5.31 Å². The average molecular weight is 409 g/mol. The zero-order chi connectivity index (χ0) is 17.5. The molecule has 0 saturated heterocycles. The quantitative estimate of drug-likeness (QED) is 0.166. The van der Waals surface area contributed by atoms with Gasteiger partial charge in [-0.05, 0) is 0 Å². The van der Waals surface area contributed by atoms with Crippen LogP contribution in [0.25, 0.3) is 0 Å². The van der Waals surface area contributed by atoms with Crippen molar-refractivity contribution in [2.45, 2.75) is 110 Å². The molecular formula is C21H46BrP.